The zero-order valence-corrected chi connectivity index (χ0v) is 21.8. The second-order valence-electron chi connectivity index (χ2n) is 10.4. The molecule has 1 fully saturated rings. The van der Waals surface area contributed by atoms with Gasteiger partial charge in [-0.15, -0.1) is 0 Å². The van der Waals surface area contributed by atoms with E-state index in [1.54, 1.807) is 6.20 Å². The van der Waals surface area contributed by atoms with Crippen molar-refractivity contribution in [3.8, 4) is 11.5 Å². The molecule has 0 radical (unpaired) electrons. The van der Waals surface area contributed by atoms with E-state index in [9.17, 15) is 9.59 Å². The highest BCUT2D eigenvalue weighted by Crippen LogP contribution is 2.36. The Labute approximate surface area is 226 Å². The van der Waals surface area contributed by atoms with Crippen LogP contribution in [0.2, 0.25) is 0 Å². The summed E-state index contributed by atoms with van der Waals surface area (Å²) < 4.78 is 4.02. The third kappa shape index (κ3) is 4.21. The van der Waals surface area contributed by atoms with Gasteiger partial charge in [0.05, 0.1) is 16.6 Å². The number of benzene rings is 2. The fourth-order valence-corrected chi connectivity index (χ4v) is 6.17. The number of piperazine rings is 1. The van der Waals surface area contributed by atoms with Gasteiger partial charge in [0, 0.05) is 75.5 Å². The number of nitrogens with zero attached hydrogens (tertiary/aromatic N) is 6. The Kier molecular flexibility index (Phi) is 5.97. The molecule has 0 saturated carbocycles. The second-order valence-corrected chi connectivity index (χ2v) is 10.4. The first-order chi connectivity index (χ1) is 19.2. The van der Waals surface area contributed by atoms with Crippen molar-refractivity contribution >= 4 is 27.7 Å². The quantitative estimate of drug-likeness (QED) is 0.355. The summed E-state index contributed by atoms with van der Waals surface area (Å²) in [5.74, 6) is 0.870. The molecule has 0 atom stereocenters. The first kappa shape index (κ1) is 23.8. The SMILES string of the molecule is O=C(CCn1c2c(c3ccccc31)CCn1c-2nc2ccccc2c1=O)N1CCN(Cc2cccnc2)CC1. The smallest absolute Gasteiger partial charge is 0.261 e. The Hall–Kier alpha value is -4.30. The number of aryl methyl sites for hydroxylation is 2. The average molecular weight is 519 g/mol. The zero-order chi connectivity index (χ0) is 26.3. The van der Waals surface area contributed by atoms with Crippen molar-refractivity contribution < 1.29 is 4.79 Å². The van der Waals surface area contributed by atoms with Crippen LogP contribution in [0.4, 0.5) is 0 Å². The fraction of sp³-hybridized carbons (Fsp3) is 0.290. The van der Waals surface area contributed by atoms with E-state index >= 15 is 0 Å². The molecule has 1 amide bonds. The number of pyridine rings is 1. The van der Waals surface area contributed by atoms with Gasteiger partial charge in [-0.25, -0.2) is 4.98 Å². The lowest BCUT2D eigenvalue weighted by Gasteiger charge is -2.35. The number of hydrogen-bond donors (Lipinski definition) is 0. The van der Waals surface area contributed by atoms with Gasteiger partial charge < -0.3 is 9.47 Å². The van der Waals surface area contributed by atoms with E-state index in [1.165, 1.54) is 16.5 Å². The molecule has 2 aliphatic rings. The van der Waals surface area contributed by atoms with Crippen molar-refractivity contribution in [2.45, 2.75) is 32.5 Å². The first-order valence-electron chi connectivity index (χ1n) is 13.7. The van der Waals surface area contributed by atoms with Crippen LogP contribution in [0.5, 0.6) is 0 Å². The highest BCUT2D eigenvalue weighted by Gasteiger charge is 2.28. The maximum Gasteiger partial charge on any atom is 0.261 e. The summed E-state index contributed by atoms with van der Waals surface area (Å²) in [4.78, 5) is 40.3. The number of carbonyl (C=O) groups is 1. The lowest BCUT2D eigenvalue weighted by atomic mass is 10.0. The topological polar surface area (TPSA) is 76.3 Å². The highest BCUT2D eigenvalue weighted by molar-refractivity contribution is 5.92. The summed E-state index contributed by atoms with van der Waals surface area (Å²) in [6.07, 6.45) is 4.87. The Morgan fingerprint density at radius 3 is 2.49 bits per heavy atom. The molecule has 39 heavy (non-hydrogen) atoms. The molecule has 1 saturated heterocycles. The molecule has 0 N–H and O–H groups in total. The maximum atomic E-state index is 13.4. The van der Waals surface area contributed by atoms with Gasteiger partial charge in [-0.2, -0.15) is 0 Å². The normalized spacial score (nSPS) is 15.4. The van der Waals surface area contributed by atoms with E-state index in [2.05, 4.69) is 38.7 Å². The molecule has 0 spiro atoms. The summed E-state index contributed by atoms with van der Waals surface area (Å²) in [6, 6.07) is 19.9. The Bertz CT molecular complexity index is 1750. The van der Waals surface area contributed by atoms with Crippen molar-refractivity contribution in [2.75, 3.05) is 26.2 Å². The lowest BCUT2D eigenvalue weighted by molar-refractivity contribution is -0.133. The monoisotopic (exact) mass is 518 g/mol. The van der Waals surface area contributed by atoms with Crippen LogP contribution in [-0.2, 0) is 30.8 Å². The number of fused-ring (bicyclic) bond motifs is 6. The molecular weight excluding hydrogens is 488 g/mol. The molecule has 5 heterocycles. The predicted octanol–water partition coefficient (Wildman–Crippen LogP) is 3.70. The van der Waals surface area contributed by atoms with E-state index in [1.807, 2.05) is 52.1 Å². The van der Waals surface area contributed by atoms with Crippen molar-refractivity contribution in [3.63, 3.8) is 0 Å². The average Bonchev–Trinajstić information content (AvgIpc) is 3.31. The minimum atomic E-state index is -0.00159. The molecule has 7 rings (SSSR count). The molecule has 5 aromatic rings. The van der Waals surface area contributed by atoms with Crippen molar-refractivity contribution in [3.05, 3.63) is 94.5 Å². The summed E-state index contributed by atoms with van der Waals surface area (Å²) in [6.45, 7) is 5.19. The van der Waals surface area contributed by atoms with Gasteiger partial charge in [-0.3, -0.25) is 24.0 Å². The molecule has 8 heteroatoms. The van der Waals surface area contributed by atoms with Gasteiger partial charge in [0.1, 0.15) is 0 Å². The van der Waals surface area contributed by atoms with Gasteiger partial charge in [0.15, 0.2) is 5.82 Å². The van der Waals surface area contributed by atoms with Gasteiger partial charge in [0.25, 0.3) is 5.56 Å². The Balaban J connectivity index is 1.15. The molecule has 8 nitrogen and oxygen atoms in total. The second kappa shape index (κ2) is 9.78. The van der Waals surface area contributed by atoms with Crippen LogP contribution < -0.4 is 5.56 Å². The van der Waals surface area contributed by atoms with E-state index in [0.29, 0.717) is 36.2 Å². The van der Waals surface area contributed by atoms with Gasteiger partial charge in [0.2, 0.25) is 5.91 Å². The predicted molar refractivity (Wildman–Crippen MR) is 151 cm³/mol. The standard InChI is InChI=1S/C31H30N6O2/c38-28(35-18-16-34(17-19-35)21-22-6-5-13-32-20-22)12-15-36-27-10-4-2-7-23(27)24-11-14-37-30(29(24)36)33-26-9-3-1-8-25(26)31(37)39/h1-10,13,20H,11-12,14-19,21H2. The third-order valence-electron chi connectivity index (χ3n) is 8.14. The van der Waals surface area contributed by atoms with Crippen LogP contribution in [0, 0.1) is 0 Å². The summed E-state index contributed by atoms with van der Waals surface area (Å²) in [7, 11) is 0. The van der Waals surface area contributed by atoms with E-state index in [4.69, 9.17) is 4.98 Å². The molecule has 196 valence electrons. The van der Waals surface area contributed by atoms with Crippen LogP contribution in [0.1, 0.15) is 17.5 Å². The summed E-state index contributed by atoms with van der Waals surface area (Å²) in [5.41, 5.74) is 5.18. The Morgan fingerprint density at radius 1 is 0.872 bits per heavy atom. The van der Waals surface area contributed by atoms with E-state index < -0.39 is 0 Å². The lowest BCUT2D eigenvalue weighted by Crippen LogP contribution is -2.48. The fourth-order valence-electron chi connectivity index (χ4n) is 6.17. The highest BCUT2D eigenvalue weighted by atomic mass is 16.2. The number of amides is 1. The molecule has 2 aliphatic heterocycles. The van der Waals surface area contributed by atoms with Crippen LogP contribution in [0.3, 0.4) is 0 Å². The minimum Gasteiger partial charge on any atom is -0.340 e. The summed E-state index contributed by atoms with van der Waals surface area (Å²) in [5, 5.41) is 1.82. The van der Waals surface area contributed by atoms with E-state index in [0.717, 1.165) is 50.4 Å². The minimum absolute atomic E-state index is 0.00159. The van der Waals surface area contributed by atoms with Crippen molar-refractivity contribution in [1.82, 2.24) is 28.9 Å². The van der Waals surface area contributed by atoms with Crippen LogP contribution in [0.25, 0.3) is 33.3 Å². The molecule has 2 aromatic carbocycles. The first-order valence-corrected chi connectivity index (χ1v) is 13.7. The number of aromatic nitrogens is 4. The molecule has 0 bridgehead atoms. The van der Waals surface area contributed by atoms with Crippen molar-refractivity contribution in [2.24, 2.45) is 0 Å². The largest absolute Gasteiger partial charge is 0.340 e. The maximum absolute atomic E-state index is 13.4. The molecular formula is C31H30N6O2. The van der Waals surface area contributed by atoms with E-state index in [-0.39, 0.29) is 11.5 Å². The summed E-state index contributed by atoms with van der Waals surface area (Å²) >= 11 is 0. The van der Waals surface area contributed by atoms with Crippen LogP contribution >= 0.6 is 0 Å². The third-order valence-corrected chi connectivity index (χ3v) is 8.14. The van der Waals surface area contributed by atoms with Crippen molar-refractivity contribution in [1.29, 1.82) is 0 Å². The zero-order valence-electron chi connectivity index (χ0n) is 21.8. The number of carbonyl (C=O) groups excluding carboxylic acids is 1. The van der Waals surface area contributed by atoms with Crippen LogP contribution in [0.15, 0.2) is 77.9 Å². The number of para-hydroxylation sites is 2. The number of hydrogen-bond acceptors (Lipinski definition) is 5. The van der Waals surface area contributed by atoms with Gasteiger partial charge >= 0.3 is 0 Å². The molecule has 0 unspecified atom stereocenters. The number of rotatable bonds is 5. The Morgan fingerprint density at radius 2 is 1.67 bits per heavy atom. The van der Waals surface area contributed by atoms with Crippen LogP contribution in [-0.4, -0.2) is 61.0 Å². The molecule has 3 aromatic heterocycles. The van der Waals surface area contributed by atoms with Gasteiger partial charge in [-0.1, -0.05) is 36.4 Å². The molecule has 0 aliphatic carbocycles. The van der Waals surface area contributed by atoms with Gasteiger partial charge in [-0.05, 0) is 41.8 Å².